The molecule has 1 rings (SSSR count). The third-order valence-electron chi connectivity index (χ3n) is 1.64. The minimum Gasteiger partial charge on any atom is -0.346 e. The second-order valence-corrected chi connectivity index (χ2v) is 2.46. The maximum Gasteiger partial charge on any atom is 0.226 e. The molecule has 51 valence electrons. The number of carbonyl (C=O) groups is 1. The smallest absolute Gasteiger partial charge is 0.226 e. The highest BCUT2D eigenvalue weighted by molar-refractivity contribution is 5.84. The van der Waals surface area contributed by atoms with Crippen LogP contribution >= 0.6 is 0 Å². The molecular formula is C7H12NO. The van der Waals surface area contributed by atoms with E-state index < -0.39 is 0 Å². The second-order valence-electron chi connectivity index (χ2n) is 2.46. The summed E-state index contributed by atoms with van der Waals surface area (Å²) in [6.07, 6.45) is 5.05. The molecule has 0 atom stereocenters. The average molecular weight is 126 g/mol. The highest BCUT2D eigenvalue weighted by atomic mass is 16.2. The normalized spacial score (nSPS) is 21.9. The maximum absolute atomic E-state index is 10.9. The Kier molecular flexibility index (Phi) is 2.09. The molecule has 1 heterocycles. The third kappa shape index (κ3) is 1.70. The van der Waals surface area contributed by atoms with Crippen molar-refractivity contribution in [3.63, 3.8) is 0 Å². The molecule has 9 heavy (non-hydrogen) atoms. The molecule has 1 saturated heterocycles. The van der Waals surface area contributed by atoms with E-state index in [0.717, 1.165) is 25.8 Å². The summed E-state index contributed by atoms with van der Waals surface area (Å²) in [5, 5.41) is 0. The van der Waals surface area contributed by atoms with Gasteiger partial charge in [0.15, 0.2) is 0 Å². The lowest BCUT2D eigenvalue weighted by atomic mass is 10.2. The molecule has 0 aromatic carbocycles. The molecular weight excluding hydrogens is 114 g/mol. The summed E-state index contributed by atoms with van der Waals surface area (Å²) in [7, 11) is 1.85. The van der Waals surface area contributed by atoms with Gasteiger partial charge in [-0.2, -0.15) is 0 Å². The Morgan fingerprint density at radius 3 is 3.11 bits per heavy atom. The molecule has 1 fully saturated rings. The Bertz CT molecular complexity index is 111. The maximum atomic E-state index is 10.9. The molecule has 2 heteroatoms. The Balaban J connectivity index is 2.41. The number of nitrogens with zero attached hydrogens (tertiary/aromatic N) is 1. The molecule has 0 aromatic rings. The standard InChI is InChI=1S/C7H12NO/c1-8-6-4-2-3-5-7(8)9/h5H,2-4,6H2,1H3. The number of hydrogen-bond donors (Lipinski definition) is 0. The average Bonchev–Trinajstić information content (AvgIpc) is 1.99. The van der Waals surface area contributed by atoms with E-state index in [9.17, 15) is 4.79 Å². The van der Waals surface area contributed by atoms with Crippen LogP contribution in [0, 0.1) is 6.42 Å². The van der Waals surface area contributed by atoms with Crippen molar-refractivity contribution in [1.29, 1.82) is 0 Å². The molecule has 1 amide bonds. The van der Waals surface area contributed by atoms with Crippen molar-refractivity contribution < 1.29 is 4.79 Å². The number of rotatable bonds is 0. The van der Waals surface area contributed by atoms with Crippen LogP contribution in [-0.2, 0) is 4.79 Å². The first kappa shape index (κ1) is 6.59. The fraction of sp³-hybridized carbons (Fsp3) is 0.714. The minimum absolute atomic E-state index is 0.188. The molecule has 0 bridgehead atoms. The monoisotopic (exact) mass is 126 g/mol. The largest absolute Gasteiger partial charge is 0.346 e. The predicted molar refractivity (Wildman–Crippen MR) is 35.8 cm³/mol. The van der Waals surface area contributed by atoms with E-state index in [0.29, 0.717) is 0 Å². The molecule has 1 aliphatic heterocycles. The van der Waals surface area contributed by atoms with Gasteiger partial charge in [0.25, 0.3) is 0 Å². The lowest BCUT2D eigenvalue weighted by Gasteiger charge is -2.11. The quantitative estimate of drug-likeness (QED) is 0.471. The topological polar surface area (TPSA) is 20.3 Å². The summed E-state index contributed by atoms with van der Waals surface area (Å²) in [6.45, 7) is 0.926. The number of carbonyl (C=O) groups excluding carboxylic acids is 1. The van der Waals surface area contributed by atoms with Crippen molar-refractivity contribution >= 4 is 5.91 Å². The number of amides is 1. The van der Waals surface area contributed by atoms with Crippen molar-refractivity contribution in [3.8, 4) is 0 Å². The van der Waals surface area contributed by atoms with Crippen molar-refractivity contribution in [2.24, 2.45) is 0 Å². The molecule has 0 N–H and O–H groups in total. The van der Waals surface area contributed by atoms with E-state index >= 15 is 0 Å². The molecule has 0 saturated carbocycles. The first-order valence-electron chi connectivity index (χ1n) is 3.39. The fourth-order valence-corrected chi connectivity index (χ4v) is 0.985. The van der Waals surface area contributed by atoms with Gasteiger partial charge in [0.2, 0.25) is 5.91 Å². The van der Waals surface area contributed by atoms with E-state index in [1.54, 1.807) is 11.3 Å². The van der Waals surface area contributed by atoms with Crippen LogP contribution in [0.25, 0.3) is 0 Å². The van der Waals surface area contributed by atoms with E-state index in [1.165, 1.54) is 0 Å². The van der Waals surface area contributed by atoms with Gasteiger partial charge >= 0.3 is 0 Å². The van der Waals surface area contributed by atoms with Gasteiger partial charge in [-0.1, -0.05) is 6.42 Å². The minimum atomic E-state index is 0.188. The molecule has 1 aliphatic rings. The van der Waals surface area contributed by atoms with Crippen LogP contribution in [0.5, 0.6) is 0 Å². The van der Waals surface area contributed by atoms with Gasteiger partial charge in [0.05, 0.1) is 0 Å². The van der Waals surface area contributed by atoms with Gasteiger partial charge in [-0.15, -0.1) is 0 Å². The van der Waals surface area contributed by atoms with Gasteiger partial charge in [-0.25, -0.2) is 0 Å². The first-order valence-corrected chi connectivity index (χ1v) is 3.39. The van der Waals surface area contributed by atoms with Gasteiger partial charge in [-0.05, 0) is 12.8 Å². The Morgan fingerprint density at radius 2 is 2.33 bits per heavy atom. The predicted octanol–water partition coefficient (Wildman–Crippen LogP) is 0.833. The second kappa shape index (κ2) is 2.85. The first-order chi connectivity index (χ1) is 4.30. The highest BCUT2D eigenvalue weighted by Gasteiger charge is 2.11. The number of likely N-dealkylation sites (tertiary alicyclic amines) is 1. The van der Waals surface area contributed by atoms with Gasteiger partial charge < -0.3 is 4.90 Å². The van der Waals surface area contributed by atoms with Crippen LogP contribution in [0.15, 0.2) is 0 Å². The lowest BCUT2D eigenvalue weighted by Crippen LogP contribution is -2.25. The van der Waals surface area contributed by atoms with Crippen LogP contribution in [0.1, 0.15) is 19.3 Å². The molecule has 1 radical (unpaired) electrons. The van der Waals surface area contributed by atoms with Crippen LogP contribution in [0.2, 0.25) is 0 Å². The van der Waals surface area contributed by atoms with Crippen molar-refractivity contribution in [2.75, 3.05) is 13.6 Å². The summed E-state index contributed by atoms with van der Waals surface area (Å²) < 4.78 is 0. The Morgan fingerprint density at radius 1 is 1.56 bits per heavy atom. The van der Waals surface area contributed by atoms with Crippen LogP contribution in [0.3, 0.4) is 0 Å². The highest BCUT2D eigenvalue weighted by Crippen LogP contribution is 2.07. The lowest BCUT2D eigenvalue weighted by molar-refractivity contribution is -0.126. The van der Waals surface area contributed by atoms with E-state index in [4.69, 9.17) is 0 Å². The fourth-order valence-electron chi connectivity index (χ4n) is 0.985. The van der Waals surface area contributed by atoms with Crippen LogP contribution in [-0.4, -0.2) is 24.4 Å². The van der Waals surface area contributed by atoms with E-state index in [-0.39, 0.29) is 5.91 Å². The summed E-state index contributed by atoms with van der Waals surface area (Å²) in [5.41, 5.74) is 0. The summed E-state index contributed by atoms with van der Waals surface area (Å²) in [5.74, 6) is 0.188. The zero-order valence-electron chi connectivity index (χ0n) is 5.76. The van der Waals surface area contributed by atoms with Crippen LogP contribution < -0.4 is 0 Å². The van der Waals surface area contributed by atoms with Gasteiger partial charge in [-0.3, -0.25) is 4.79 Å². The zero-order valence-corrected chi connectivity index (χ0v) is 5.76. The van der Waals surface area contributed by atoms with Crippen molar-refractivity contribution in [2.45, 2.75) is 19.3 Å². The van der Waals surface area contributed by atoms with Gasteiger partial charge in [0.1, 0.15) is 0 Å². The Hall–Kier alpha value is -0.530. The van der Waals surface area contributed by atoms with Crippen molar-refractivity contribution in [1.82, 2.24) is 4.90 Å². The zero-order chi connectivity index (χ0) is 6.69. The van der Waals surface area contributed by atoms with Gasteiger partial charge in [0, 0.05) is 20.0 Å². The van der Waals surface area contributed by atoms with Crippen molar-refractivity contribution in [3.05, 3.63) is 6.42 Å². The SMILES string of the molecule is CN1CCCC[CH]C1=O. The van der Waals surface area contributed by atoms with E-state index in [1.807, 2.05) is 7.05 Å². The Labute approximate surface area is 55.8 Å². The summed E-state index contributed by atoms with van der Waals surface area (Å²) >= 11 is 0. The van der Waals surface area contributed by atoms with Crippen LogP contribution in [0.4, 0.5) is 0 Å². The molecule has 0 aliphatic carbocycles. The molecule has 0 aromatic heterocycles. The summed E-state index contributed by atoms with van der Waals surface area (Å²) in [4.78, 5) is 12.7. The third-order valence-corrected chi connectivity index (χ3v) is 1.64. The number of hydrogen-bond acceptors (Lipinski definition) is 1. The molecule has 0 unspecified atom stereocenters. The summed E-state index contributed by atoms with van der Waals surface area (Å²) in [6, 6.07) is 0. The molecule has 0 spiro atoms. The van der Waals surface area contributed by atoms with E-state index in [2.05, 4.69) is 0 Å². The molecule has 2 nitrogen and oxygen atoms in total.